The summed E-state index contributed by atoms with van der Waals surface area (Å²) in [6, 6.07) is 54.7. The molecule has 0 amide bonds. The van der Waals surface area contributed by atoms with Gasteiger partial charge in [-0.05, 0) is 96.6 Å². The van der Waals surface area contributed by atoms with Crippen LogP contribution in [0.25, 0.3) is 77.5 Å². The van der Waals surface area contributed by atoms with Crippen molar-refractivity contribution >= 4 is 43.6 Å². The summed E-state index contributed by atoms with van der Waals surface area (Å²) in [5.41, 5.74) is 10.4. The van der Waals surface area contributed by atoms with Crippen molar-refractivity contribution in [2.45, 2.75) is 0 Å². The van der Waals surface area contributed by atoms with Crippen molar-refractivity contribution in [2.24, 2.45) is 0 Å². The lowest BCUT2D eigenvalue weighted by molar-refractivity contribution is 1.08. The smallest absolute Gasteiger partial charge is 0.102 e. The van der Waals surface area contributed by atoms with Gasteiger partial charge in [-0.3, -0.25) is 0 Å². The molecule has 6 nitrogen and oxygen atoms in total. The molecule has 0 spiro atoms. The summed E-state index contributed by atoms with van der Waals surface area (Å²) < 4.78 is 8.62. The quantitative estimate of drug-likeness (QED) is 0.184. The van der Waals surface area contributed by atoms with Gasteiger partial charge in [-0.1, -0.05) is 54.6 Å². The van der Waals surface area contributed by atoms with E-state index < -0.39 is 0 Å². The Kier molecular flexibility index (Phi) is 6.51. The van der Waals surface area contributed by atoms with E-state index in [1.165, 1.54) is 5.39 Å². The van der Waals surface area contributed by atoms with Crippen LogP contribution in [0, 0.1) is 22.7 Å². The maximum atomic E-state index is 10.9. The molecule has 4 heterocycles. The van der Waals surface area contributed by atoms with Crippen LogP contribution in [0.4, 0.5) is 0 Å². The molecule has 0 N–H and O–H groups in total. The highest BCUT2D eigenvalue weighted by Crippen LogP contribution is 2.39. The topological polar surface area (TPSA) is 67.3 Å². The maximum Gasteiger partial charge on any atom is 0.102 e. The number of para-hydroxylation sites is 2. The van der Waals surface area contributed by atoms with Gasteiger partial charge in [0.15, 0.2) is 0 Å². The van der Waals surface area contributed by atoms with Crippen molar-refractivity contribution in [3.63, 3.8) is 0 Å². The molecule has 10 rings (SSSR count). The molecule has 10 aromatic rings. The summed E-state index contributed by atoms with van der Waals surface area (Å²) in [5.74, 6) is 0. The van der Waals surface area contributed by atoms with Gasteiger partial charge in [0, 0.05) is 69.0 Å². The number of rotatable bonds is 5. The predicted octanol–water partition coefficient (Wildman–Crippen LogP) is 10.9. The average molecular weight is 665 g/mol. The number of nitriles is 2. The molecule has 0 aliphatic heterocycles. The van der Waals surface area contributed by atoms with Gasteiger partial charge in [0.2, 0.25) is 0 Å². The van der Waals surface area contributed by atoms with E-state index in [2.05, 4.69) is 128 Å². The third kappa shape index (κ3) is 4.42. The van der Waals surface area contributed by atoms with Crippen molar-refractivity contribution in [2.75, 3.05) is 0 Å². The van der Waals surface area contributed by atoms with Crippen LogP contribution < -0.4 is 0 Å². The molecule has 0 atom stereocenters. The maximum absolute atomic E-state index is 10.9. The van der Waals surface area contributed by atoms with E-state index in [-0.39, 0.29) is 0 Å². The summed E-state index contributed by atoms with van der Waals surface area (Å²) in [5, 5.41) is 25.8. The van der Waals surface area contributed by atoms with E-state index in [4.69, 9.17) is 0 Å². The number of aromatic nitrogens is 4. The summed E-state index contributed by atoms with van der Waals surface area (Å²) in [6.45, 7) is 0. The Morgan fingerprint density at radius 3 is 1.73 bits per heavy atom. The molecule has 6 aromatic carbocycles. The van der Waals surface area contributed by atoms with Crippen molar-refractivity contribution in [3.05, 3.63) is 182 Å². The predicted molar refractivity (Wildman–Crippen MR) is 209 cm³/mol. The van der Waals surface area contributed by atoms with Crippen LogP contribution in [0.1, 0.15) is 11.1 Å². The number of nitrogens with zero attached hydrogens (tertiary/aromatic N) is 6. The Hall–Kier alpha value is -7.54. The van der Waals surface area contributed by atoms with E-state index in [9.17, 15) is 10.5 Å². The fourth-order valence-corrected chi connectivity index (χ4v) is 7.82. The van der Waals surface area contributed by atoms with Gasteiger partial charge in [0.1, 0.15) is 6.07 Å². The minimum atomic E-state index is 0.484. The fourth-order valence-electron chi connectivity index (χ4n) is 7.82. The lowest BCUT2D eigenvalue weighted by Gasteiger charge is -2.16. The molecule has 0 saturated carbocycles. The molecule has 0 aliphatic carbocycles. The highest BCUT2D eigenvalue weighted by molar-refractivity contribution is 6.11. The second-order valence-electron chi connectivity index (χ2n) is 13.0. The standard InChI is InChI=1S/C46H28N6/c47-29-31-24-39(41(30-48)45(25-31)52-43-15-4-2-13-37(43)40-27-33(17-19-44(40)52)49-20-5-6-21-49)32-10-9-11-35(26-32)51-42-14-3-1-12-36(42)38-18-16-34(28-46(38)51)50-22-7-8-23-50/h1-28H. The van der Waals surface area contributed by atoms with Crippen molar-refractivity contribution in [3.8, 4) is 46.0 Å². The normalized spacial score (nSPS) is 11.4. The molecular weight excluding hydrogens is 637 g/mol. The Bertz CT molecular complexity index is 3090. The second kappa shape index (κ2) is 11.5. The SMILES string of the molecule is N#Cc1cc(-c2cccc(-n3c4ccccc4c4ccc(-n5cccc5)cc43)c2)c(C#N)c(-n2c3ccccc3c3cc(-n4cccc4)ccc32)c1. The lowest BCUT2D eigenvalue weighted by atomic mass is 9.95. The van der Waals surface area contributed by atoms with Crippen LogP contribution in [0.5, 0.6) is 0 Å². The van der Waals surface area contributed by atoms with Crippen molar-refractivity contribution < 1.29 is 0 Å². The Morgan fingerprint density at radius 2 is 1.02 bits per heavy atom. The molecule has 6 heteroatoms. The van der Waals surface area contributed by atoms with Crippen LogP contribution in [0.2, 0.25) is 0 Å². The largest absolute Gasteiger partial charge is 0.324 e. The van der Waals surface area contributed by atoms with Crippen LogP contribution in [0.3, 0.4) is 0 Å². The van der Waals surface area contributed by atoms with E-state index in [0.717, 1.165) is 60.9 Å². The molecule has 0 unspecified atom stereocenters. The van der Waals surface area contributed by atoms with Gasteiger partial charge < -0.3 is 18.3 Å². The molecule has 4 aromatic heterocycles. The molecule has 0 saturated heterocycles. The first-order chi connectivity index (χ1) is 25.7. The zero-order chi connectivity index (χ0) is 34.8. The zero-order valence-corrected chi connectivity index (χ0v) is 27.8. The molecule has 0 fully saturated rings. The molecule has 0 aliphatic rings. The summed E-state index contributed by atoms with van der Waals surface area (Å²) in [6.07, 6.45) is 8.17. The van der Waals surface area contributed by atoms with Gasteiger partial charge in [-0.2, -0.15) is 10.5 Å². The fraction of sp³-hybridized carbons (Fsp3) is 0. The average Bonchev–Trinajstić information content (AvgIpc) is 4.03. The van der Waals surface area contributed by atoms with Gasteiger partial charge in [0.25, 0.3) is 0 Å². The van der Waals surface area contributed by atoms with Crippen LogP contribution in [-0.4, -0.2) is 18.3 Å². The minimum Gasteiger partial charge on any atom is -0.324 e. The molecule has 0 bridgehead atoms. The lowest BCUT2D eigenvalue weighted by Crippen LogP contribution is -2.02. The number of fused-ring (bicyclic) bond motifs is 6. The zero-order valence-electron chi connectivity index (χ0n) is 27.8. The minimum absolute atomic E-state index is 0.484. The summed E-state index contributed by atoms with van der Waals surface area (Å²) in [4.78, 5) is 0. The third-order valence-electron chi connectivity index (χ3n) is 10.1. The van der Waals surface area contributed by atoms with Gasteiger partial charge in [0.05, 0.1) is 45.0 Å². The second-order valence-corrected chi connectivity index (χ2v) is 13.0. The molecule has 52 heavy (non-hydrogen) atoms. The van der Waals surface area contributed by atoms with E-state index in [0.29, 0.717) is 22.4 Å². The van der Waals surface area contributed by atoms with Gasteiger partial charge >= 0.3 is 0 Å². The van der Waals surface area contributed by atoms with Gasteiger partial charge in [-0.25, -0.2) is 0 Å². The summed E-state index contributed by atoms with van der Waals surface area (Å²) in [7, 11) is 0. The highest BCUT2D eigenvalue weighted by atomic mass is 15.0. The van der Waals surface area contributed by atoms with Crippen molar-refractivity contribution in [1.29, 1.82) is 10.5 Å². The van der Waals surface area contributed by atoms with Crippen LogP contribution in [-0.2, 0) is 0 Å². The Balaban J connectivity index is 1.20. The van der Waals surface area contributed by atoms with Crippen molar-refractivity contribution in [1.82, 2.24) is 18.3 Å². The Labute approximate surface area is 299 Å². The molecule has 0 radical (unpaired) electrons. The first-order valence-corrected chi connectivity index (χ1v) is 17.1. The van der Waals surface area contributed by atoms with E-state index in [1.807, 2.05) is 73.1 Å². The monoisotopic (exact) mass is 664 g/mol. The third-order valence-corrected chi connectivity index (χ3v) is 10.1. The first kappa shape index (κ1) is 29.4. The Morgan fingerprint density at radius 1 is 0.404 bits per heavy atom. The van der Waals surface area contributed by atoms with Gasteiger partial charge in [-0.15, -0.1) is 0 Å². The van der Waals surface area contributed by atoms with Crippen LogP contribution in [0.15, 0.2) is 170 Å². The number of hydrogen-bond donors (Lipinski definition) is 0. The molecular formula is C46H28N6. The first-order valence-electron chi connectivity index (χ1n) is 17.1. The molecule has 242 valence electrons. The summed E-state index contributed by atoms with van der Waals surface area (Å²) >= 11 is 0. The number of hydrogen-bond acceptors (Lipinski definition) is 2. The number of benzene rings is 6. The van der Waals surface area contributed by atoms with Crippen LogP contribution >= 0.6 is 0 Å². The van der Waals surface area contributed by atoms with E-state index in [1.54, 1.807) is 0 Å². The highest BCUT2D eigenvalue weighted by Gasteiger charge is 2.21. The van der Waals surface area contributed by atoms with E-state index >= 15 is 0 Å².